The second-order valence-electron chi connectivity index (χ2n) is 3.28. The van der Waals surface area contributed by atoms with Gasteiger partial charge in [0.15, 0.2) is 0 Å². The summed E-state index contributed by atoms with van der Waals surface area (Å²) >= 11 is 12.9. The van der Waals surface area contributed by atoms with Gasteiger partial charge in [-0.1, -0.05) is 23.2 Å². The van der Waals surface area contributed by atoms with Gasteiger partial charge in [0.05, 0.1) is 21.9 Å². The zero-order valence-corrected chi connectivity index (χ0v) is 11.2. The fourth-order valence-electron chi connectivity index (χ4n) is 1.42. The summed E-state index contributed by atoms with van der Waals surface area (Å²) < 4.78 is 5.73. The largest absolute Gasteiger partial charge is 0.496 e. The molecule has 0 radical (unpaired) electrons. The number of benzene rings is 1. The van der Waals surface area contributed by atoms with Gasteiger partial charge in [0.2, 0.25) is 5.78 Å². The summed E-state index contributed by atoms with van der Waals surface area (Å²) in [6, 6.07) is 8.32. The molecule has 0 unspecified atom stereocenters. The van der Waals surface area contributed by atoms with Gasteiger partial charge in [0.1, 0.15) is 5.75 Å². The highest BCUT2D eigenvalue weighted by Gasteiger charge is 2.16. The molecule has 5 heteroatoms. The number of methoxy groups -OCH3 is 1. The Morgan fingerprint density at radius 2 is 2.00 bits per heavy atom. The van der Waals surface area contributed by atoms with E-state index in [9.17, 15) is 4.79 Å². The summed E-state index contributed by atoms with van der Waals surface area (Å²) in [5.74, 6) is 0.349. The number of thiophene rings is 1. The van der Waals surface area contributed by atoms with Crippen LogP contribution in [0.2, 0.25) is 9.36 Å². The molecule has 0 aliphatic heterocycles. The number of ketones is 1. The third-order valence-corrected chi connectivity index (χ3v) is 3.67. The Bertz CT molecular complexity index is 563. The second kappa shape index (κ2) is 5.08. The third kappa shape index (κ3) is 2.63. The van der Waals surface area contributed by atoms with Crippen LogP contribution in [0.5, 0.6) is 5.75 Å². The van der Waals surface area contributed by atoms with Crippen molar-refractivity contribution in [2.24, 2.45) is 0 Å². The molecule has 0 aliphatic carbocycles. The van der Waals surface area contributed by atoms with Gasteiger partial charge in [0.25, 0.3) is 0 Å². The number of ether oxygens (including phenoxy) is 1. The van der Waals surface area contributed by atoms with Crippen molar-refractivity contribution in [2.75, 3.05) is 7.11 Å². The quantitative estimate of drug-likeness (QED) is 0.787. The lowest BCUT2D eigenvalue weighted by molar-refractivity contribution is 0.103. The molecule has 0 amide bonds. The van der Waals surface area contributed by atoms with Crippen molar-refractivity contribution in [1.82, 2.24) is 0 Å². The highest BCUT2D eigenvalue weighted by Crippen LogP contribution is 2.29. The molecule has 0 aliphatic rings. The molecule has 0 atom stereocenters. The SMILES string of the molecule is COc1cc(Cl)ccc1C(=O)c1ccc(Cl)s1. The Labute approximate surface area is 113 Å². The van der Waals surface area contributed by atoms with E-state index in [1.54, 1.807) is 30.3 Å². The van der Waals surface area contributed by atoms with Gasteiger partial charge in [-0.2, -0.15) is 0 Å². The Hall–Kier alpha value is -1.03. The van der Waals surface area contributed by atoms with Crippen LogP contribution in [-0.4, -0.2) is 12.9 Å². The van der Waals surface area contributed by atoms with Gasteiger partial charge in [-0.25, -0.2) is 0 Å². The lowest BCUT2D eigenvalue weighted by Gasteiger charge is -2.06. The van der Waals surface area contributed by atoms with Crippen molar-refractivity contribution < 1.29 is 9.53 Å². The van der Waals surface area contributed by atoms with Crippen molar-refractivity contribution >= 4 is 40.3 Å². The van der Waals surface area contributed by atoms with Crippen LogP contribution in [0.3, 0.4) is 0 Å². The van der Waals surface area contributed by atoms with Crippen LogP contribution in [0.15, 0.2) is 30.3 Å². The predicted octanol–water partition coefficient (Wildman–Crippen LogP) is 4.29. The molecule has 2 rings (SSSR count). The number of hydrogen-bond donors (Lipinski definition) is 0. The molecule has 1 heterocycles. The molecule has 0 saturated heterocycles. The predicted molar refractivity (Wildman–Crippen MR) is 70.8 cm³/mol. The molecular formula is C12H8Cl2O2S. The zero-order chi connectivity index (χ0) is 12.4. The summed E-state index contributed by atoms with van der Waals surface area (Å²) in [7, 11) is 1.50. The maximum absolute atomic E-state index is 12.2. The first-order valence-electron chi connectivity index (χ1n) is 4.75. The molecule has 2 nitrogen and oxygen atoms in total. The van der Waals surface area contributed by atoms with E-state index in [1.807, 2.05) is 0 Å². The van der Waals surface area contributed by atoms with Crippen LogP contribution in [-0.2, 0) is 0 Å². The van der Waals surface area contributed by atoms with E-state index < -0.39 is 0 Å². The van der Waals surface area contributed by atoms with Gasteiger partial charge in [-0.3, -0.25) is 4.79 Å². The molecule has 0 bridgehead atoms. The Balaban J connectivity index is 2.43. The van der Waals surface area contributed by atoms with Crippen LogP contribution in [0, 0.1) is 0 Å². The summed E-state index contributed by atoms with van der Waals surface area (Å²) in [6.07, 6.45) is 0. The van der Waals surface area contributed by atoms with Crippen molar-refractivity contribution in [3.05, 3.63) is 50.1 Å². The van der Waals surface area contributed by atoms with Crippen LogP contribution >= 0.6 is 34.5 Å². The first-order valence-corrected chi connectivity index (χ1v) is 6.32. The van der Waals surface area contributed by atoms with E-state index in [4.69, 9.17) is 27.9 Å². The van der Waals surface area contributed by atoms with Crippen molar-refractivity contribution in [3.8, 4) is 5.75 Å². The van der Waals surface area contributed by atoms with E-state index in [2.05, 4.69) is 0 Å². The number of halogens is 2. The van der Waals surface area contributed by atoms with Gasteiger partial charge in [-0.15, -0.1) is 11.3 Å². The van der Waals surface area contributed by atoms with Crippen LogP contribution < -0.4 is 4.74 Å². The smallest absolute Gasteiger partial charge is 0.206 e. The highest BCUT2D eigenvalue weighted by atomic mass is 35.5. The van der Waals surface area contributed by atoms with E-state index >= 15 is 0 Å². The number of rotatable bonds is 3. The molecule has 0 fully saturated rings. The summed E-state index contributed by atoms with van der Waals surface area (Å²) in [6.45, 7) is 0. The molecule has 2 aromatic rings. The van der Waals surface area contributed by atoms with E-state index in [0.29, 0.717) is 25.5 Å². The summed E-state index contributed by atoms with van der Waals surface area (Å²) in [5.41, 5.74) is 0.482. The minimum atomic E-state index is -0.115. The standard InChI is InChI=1S/C12H8Cl2O2S/c1-16-9-6-7(13)2-3-8(9)12(15)10-4-5-11(14)17-10/h2-6H,1H3. The maximum Gasteiger partial charge on any atom is 0.206 e. The zero-order valence-electron chi connectivity index (χ0n) is 8.87. The summed E-state index contributed by atoms with van der Waals surface area (Å²) in [4.78, 5) is 12.8. The number of carbonyl (C=O) groups is 1. The fraction of sp³-hybridized carbons (Fsp3) is 0.0833. The lowest BCUT2D eigenvalue weighted by Crippen LogP contribution is -2.01. The van der Waals surface area contributed by atoms with Crippen LogP contribution in [0.4, 0.5) is 0 Å². The molecule has 17 heavy (non-hydrogen) atoms. The molecule has 88 valence electrons. The first kappa shape index (κ1) is 12.4. The van der Waals surface area contributed by atoms with Gasteiger partial charge >= 0.3 is 0 Å². The van der Waals surface area contributed by atoms with Crippen LogP contribution in [0.1, 0.15) is 15.2 Å². The average molecular weight is 287 g/mol. The maximum atomic E-state index is 12.2. The van der Waals surface area contributed by atoms with E-state index in [0.717, 1.165) is 0 Å². The van der Waals surface area contributed by atoms with Crippen molar-refractivity contribution in [3.63, 3.8) is 0 Å². The average Bonchev–Trinajstić information content (AvgIpc) is 2.75. The molecule has 0 saturated carbocycles. The van der Waals surface area contributed by atoms with Crippen molar-refractivity contribution in [1.29, 1.82) is 0 Å². The topological polar surface area (TPSA) is 26.3 Å². The minimum absolute atomic E-state index is 0.115. The minimum Gasteiger partial charge on any atom is -0.496 e. The molecule has 1 aromatic heterocycles. The molecule has 0 N–H and O–H groups in total. The van der Waals surface area contributed by atoms with Gasteiger partial charge in [-0.05, 0) is 30.3 Å². The highest BCUT2D eigenvalue weighted by molar-refractivity contribution is 7.18. The molecule has 0 spiro atoms. The third-order valence-electron chi connectivity index (χ3n) is 2.21. The van der Waals surface area contributed by atoms with Gasteiger partial charge in [0, 0.05) is 5.02 Å². The normalized spacial score (nSPS) is 10.3. The summed E-state index contributed by atoms with van der Waals surface area (Å²) in [5, 5.41) is 0.530. The molecular weight excluding hydrogens is 279 g/mol. The Kier molecular flexibility index (Phi) is 3.72. The second-order valence-corrected chi connectivity index (χ2v) is 5.43. The Morgan fingerprint density at radius 1 is 1.24 bits per heavy atom. The van der Waals surface area contributed by atoms with Crippen LogP contribution in [0.25, 0.3) is 0 Å². The Morgan fingerprint density at radius 3 is 2.59 bits per heavy atom. The fourth-order valence-corrected chi connectivity index (χ4v) is 2.58. The molecule has 1 aromatic carbocycles. The lowest BCUT2D eigenvalue weighted by atomic mass is 10.1. The monoisotopic (exact) mass is 286 g/mol. The number of carbonyl (C=O) groups excluding carboxylic acids is 1. The van der Waals surface area contributed by atoms with Crippen molar-refractivity contribution in [2.45, 2.75) is 0 Å². The van der Waals surface area contributed by atoms with E-state index in [1.165, 1.54) is 18.4 Å². The number of hydrogen-bond acceptors (Lipinski definition) is 3. The van der Waals surface area contributed by atoms with E-state index in [-0.39, 0.29) is 5.78 Å². The van der Waals surface area contributed by atoms with Gasteiger partial charge < -0.3 is 4.74 Å². The first-order chi connectivity index (χ1) is 8.11.